The van der Waals surface area contributed by atoms with E-state index in [-0.39, 0.29) is 17.3 Å². The van der Waals surface area contributed by atoms with Crippen molar-refractivity contribution in [3.05, 3.63) is 69.8 Å². The number of benzene rings is 2. The Bertz CT molecular complexity index is 789. The quantitative estimate of drug-likeness (QED) is 0.733. The number of nitrogens with zero attached hydrogens (tertiary/aromatic N) is 1. The first kappa shape index (κ1) is 16.6. The van der Waals surface area contributed by atoms with Gasteiger partial charge in [0.25, 0.3) is 0 Å². The summed E-state index contributed by atoms with van der Waals surface area (Å²) in [4.78, 5) is 0. The third kappa shape index (κ3) is 3.33. The van der Waals surface area contributed by atoms with Crippen LogP contribution in [0.25, 0.3) is 0 Å². The topological polar surface area (TPSA) is 23.8 Å². The molecule has 0 amide bonds. The maximum absolute atomic E-state index is 14.5. The zero-order valence-electron chi connectivity index (χ0n) is 13.9. The Kier molecular flexibility index (Phi) is 4.94. The number of hydrogen-bond donors (Lipinski definition) is 0. The SMILES string of the molecule is CCCCc1ccc(C2CCc3cc(C#N)c(F)cc3C2)c(F)c1. The van der Waals surface area contributed by atoms with Gasteiger partial charge in [-0.3, -0.25) is 0 Å². The summed E-state index contributed by atoms with van der Waals surface area (Å²) in [6.45, 7) is 2.13. The maximum atomic E-state index is 14.5. The minimum atomic E-state index is -0.479. The van der Waals surface area contributed by atoms with Crippen molar-refractivity contribution >= 4 is 0 Å². The highest BCUT2D eigenvalue weighted by molar-refractivity contribution is 5.42. The van der Waals surface area contributed by atoms with Crippen LogP contribution in [-0.4, -0.2) is 0 Å². The fraction of sp³-hybridized carbons (Fsp3) is 0.381. The van der Waals surface area contributed by atoms with Crippen LogP contribution in [0.2, 0.25) is 0 Å². The summed E-state index contributed by atoms with van der Waals surface area (Å²) in [6.07, 6.45) is 5.28. The second-order valence-corrected chi connectivity index (χ2v) is 6.61. The van der Waals surface area contributed by atoms with Crippen LogP contribution in [0.15, 0.2) is 30.3 Å². The van der Waals surface area contributed by atoms with Crippen molar-refractivity contribution in [2.24, 2.45) is 0 Å². The summed E-state index contributed by atoms with van der Waals surface area (Å²) in [5, 5.41) is 8.93. The molecule has 1 nitrogen and oxygen atoms in total. The van der Waals surface area contributed by atoms with E-state index in [2.05, 4.69) is 6.92 Å². The fourth-order valence-corrected chi connectivity index (χ4v) is 3.57. The van der Waals surface area contributed by atoms with Crippen LogP contribution in [0.3, 0.4) is 0 Å². The van der Waals surface area contributed by atoms with Gasteiger partial charge in [-0.1, -0.05) is 25.5 Å². The Morgan fingerprint density at radius 1 is 1.12 bits per heavy atom. The van der Waals surface area contributed by atoms with E-state index in [0.29, 0.717) is 6.42 Å². The molecule has 1 atom stereocenters. The molecule has 0 N–H and O–H groups in total. The summed E-state index contributed by atoms with van der Waals surface area (Å²) < 4.78 is 28.4. The van der Waals surface area contributed by atoms with Crippen molar-refractivity contribution < 1.29 is 8.78 Å². The van der Waals surface area contributed by atoms with E-state index in [9.17, 15) is 8.78 Å². The van der Waals surface area contributed by atoms with Gasteiger partial charge >= 0.3 is 0 Å². The Labute approximate surface area is 141 Å². The number of unbranched alkanes of at least 4 members (excludes halogenated alkanes) is 1. The second kappa shape index (κ2) is 7.13. The number of aryl methyl sites for hydroxylation is 2. The lowest BCUT2D eigenvalue weighted by atomic mass is 9.79. The molecule has 24 heavy (non-hydrogen) atoms. The van der Waals surface area contributed by atoms with Crippen molar-refractivity contribution in [1.29, 1.82) is 5.26 Å². The maximum Gasteiger partial charge on any atom is 0.141 e. The standard InChI is InChI=1S/C21H21F2N/c1-2-3-4-14-5-8-19(21(23)9-14)16-7-6-15-10-18(13-24)20(22)12-17(15)11-16/h5,8-10,12,16H,2-4,6-7,11H2,1H3. The molecule has 0 aromatic heterocycles. The zero-order chi connectivity index (χ0) is 17.1. The molecular formula is C21H21F2N. The van der Waals surface area contributed by atoms with Crippen LogP contribution in [0.1, 0.15) is 59.9 Å². The average molecular weight is 325 g/mol. The van der Waals surface area contributed by atoms with Gasteiger partial charge in [-0.15, -0.1) is 0 Å². The van der Waals surface area contributed by atoms with Gasteiger partial charge in [-0.05, 0) is 78.5 Å². The molecule has 0 aliphatic heterocycles. The molecule has 2 aromatic rings. The van der Waals surface area contributed by atoms with E-state index in [1.807, 2.05) is 18.2 Å². The number of nitriles is 1. The van der Waals surface area contributed by atoms with Crippen LogP contribution in [0.4, 0.5) is 8.78 Å². The van der Waals surface area contributed by atoms with Crippen molar-refractivity contribution in [1.82, 2.24) is 0 Å². The summed E-state index contributed by atoms with van der Waals surface area (Å²) in [6, 6.07) is 10.5. The molecule has 3 rings (SSSR count). The molecule has 0 radical (unpaired) electrons. The minimum absolute atomic E-state index is 0.0741. The molecule has 0 fully saturated rings. The second-order valence-electron chi connectivity index (χ2n) is 6.61. The normalized spacial score (nSPS) is 16.5. The molecule has 1 aliphatic rings. The summed E-state index contributed by atoms with van der Waals surface area (Å²) >= 11 is 0. The first-order valence-electron chi connectivity index (χ1n) is 8.62. The highest BCUT2D eigenvalue weighted by Crippen LogP contribution is 2.35. The van der Waals surface area contributed by atoms with Gasteiger partial charge in [0, 0.05) is 0 Å². The van der Waals surface area contributed by atoms with Gasteiger partial charge in [0.1, 0.15) is 17.7 Å². The predicted octanol–water partition coefficient (Wildman–Crippen LogP) is 5.45. The van der Waals surface area contributed by atoms with Crippen molar-refractivity contribution in [3.63, 3.8) is 0 Å². The average Bonchev–Trinajstić information content (AvgIpc) is 2.59. The van der Waals surface area contributed by atoms with Crippen LogP contribution in [0.5, 0.6) is 0 Å². The van der Waals surface area contributed by atoms with Crippen molar-refractivity contribution in [2.45, 2.75) is 51.4 Å². The smallest absolute Gasteiger partial charge is 0.141 e. The van der Waals surface area contributed by atoms with Crippen LogP contribution in [0, 0.1) is 23.0 Å². The molecular weight excluding hydrogens is 304 g/mol. The van der Waals surface area contributed by atoms with E-state index in [1.54, 1.807) is 12.1 Å². The van der Waals surface area contributed by atoms with Crippen LogP contribution >= 0.6 is 0 Å². The number of hydrogen-bond acceptors (Lipinski definition) is 1. The van der Waals surface area contributed by atoms with Gasteiger partial charge in [-0.2, -0.15) is 5.26 Å². The van der Waals surface area contributed by atoms with Crippen molar-refractivity contribution in [3.8, 4) is 6.07 Å². The Balaban J connectivity index is 1.83. The molecule has 1 aliphatic carbocycles. The summed E-state index contributed by atoms with van der Waals surface area (Å²) in [5.41, 5.74) is 3.78. The monoisotopic (exact) mass is 325 g/mol. The lowest BCUT2D eigenvalue weighted by Gasteiger charge is -2.26. The van der Waals surface area contributed by atoms with E-state index >= 15 is 0 Å². The highest BCUT2D eigenvalue weighted by Gasteiger charge is 2.24. The largest absolute Gasteiger partial charge is 0.207 e. The Morgan fingerprint density at radius 2 is 1.96 bits per heavy atom. The van der Waals surface area contributed by atoms with Crippen molar-refractivity contribution in [2.75, 3.05) is 0 Å². The van der Waals surface area contributed by atoms with E-state index in [1.165, 1.54) is 6.07 Å². The molecule has 0 saturated carbocycles. The first-order chi connectivity index (χ1) is 11.6. The molecule has 124 valence electrons. The van der Waals surface area contributed by atoms with Gasteiger partial charge in [0.05, 0.1) is 5.56 Å². The zero-order valence-corrected chi connectivity index (χ0v) is 13.9. The molecule has 1 unspecified atom stereocenters. The van der Waals surface area contributed by atoms with Gasteiger partial charge < -0.3 is 0 Å². The molecule has 0 saturated heterocycles. The summed E-state index contributed by atoms with van der Waals surface area (Å²) in [7, 11) is 0. The van der Waals surface area contributed by atoms with E-state index in [0.717, 1.165) is 54.4 Å². The third-order valence-corrected chi connectivity index (χ3v) is 4.96. The van der Waals surface area contributed by atoms with Crippen LogP contribution < -0.4 is 0 Å². The number of fused-ring (bicyclic) bond motifs is 1. The summed E-state index contributed by atoms with van der Waals surface area (Å²) in [5.74, 6) is -0.552. The Morgan fingerprint density at radius 3 is 2.67 bits per heavy atom. The molecule has 0 heterocycles. The fourth-order valence-electron chi connectivity index (χ4n) is 3.57. The van der Waals surface area contributed by atoms with Gasteiger partial charge in [0.2, 0.25) is 0 Å². The van der Waals surface area contributed by atoms with Gasteiger partial charge in [0.15, 0.2) is 0 Å². The lowest BCUT2D eigenvalue weighted by molar-refractivity contribution is 0.528. The number of rotatable bonds is 4. The first-order valence-corrected chi connectivity index (χ1v) is 8.62. The Hall–Kier alpha value is -2.21. The predicted molar refractivity (Wildman–Crippen MR) is 90.9 cm³/mol. The van der Waals surface area contributed by atoms with E-state index in [4.69, 9.17) is 5.26 Å². The molecule has 0 spiro atoms. The third-order valence-electron chi connectivity index (χ3n) is 4.96. The van der Waals surface area contributed by atoms with Gasteiger partial charge in [-0.25, -0.2) is 8.78 Å². The van der Waals surface area contributed by atoms with E-state index < -0.39 is 5.82 Å². The molecule has 0 bridgehead atoms. The highest BCUT2D eigenvalue weighted by atomic mass is 19.1. The van der Waals surface area contributed by atoms with Crippen LogP contribution in [-0.2, 0) is 19.3 Å². The number of halogens is 2. The molecule has 2 aromatic carbocycles. The molecule has 3 heteroatoms. The lowest BCUT2D eigenvalue weighted by Crippen LogP contribution is -2.15. The minimum Gasteiger partial charge on any atom is -0.207 e.